The third-order valence-electron chi connectivity index (χ3n) is 3.87. The molecular weight excluding hydrogens is 269 g/mol. The fourth-order valence-electron chi connectivity index (χ4n) is 2.30. The number of halogens is 1. The molecule has 0 unspecified atom stereocenters. The minimum atomic E-state index is -0.452. The van der Waals surface area contributed by atoms with E-state index in [9.17, 15) is 4.39 Å². The monoisotopic (exact) mass is 297 g/mol. The second-order valence-corrected chi connectivity index (χ2v) is 6.46. The third-order valence-corrected chi connectivity index (χ3v) is 4.46. The first kappa shape index (κ1) is 19.2. The molecule has 1 aliphatic carbocycles. The summed E-state index contributed by atoms with van der Waals surface area (Å²) in [5.41, 5.74) is 1.57. The summed E-state index contributed by atoms with van der Waals surface area (Å²) in [7, 11) is 0. The van der Waals surface area contributed by atoms with E-state index in [1.807, 2.05) is 0 Å². The Morgan fingerprint density at radius 3 is 2.40 bits per heavy atom. The van der Waals surface area contributed by atoms with E-state index in [-0.39, 0.29) is 5.75 Å². The van der Waals surface area contributed by atoms with Gasteiger partial charge < -0.3 is 0 Å². The predicted molar refractivity (Wildman–Crippen MR) is 88.1 cm³/mol. The SMILES string of the molecule is C/C=C(\C)CCC1CCC(C)CC1.C=C(F)CSC#N. The zero-order valence-electron chi connectivity index (χ0n) is 13.1. The molecule has 0 heterocycles. The number of nitrogens with zero attached hydrogens (tertiary/aromatic N) is 1. The predicted octanol–water partition coefficient (Wildman–Crippen LogP) is 6.24. The van der Waals surface area contributed by atoms with Crippen molar-refractivity contribution in [2.45, 2.75) is 59.3 Å². The van der Waals surface area contributed by atoms with E-state index in [1.165, 1.54) is 38.5 Å². The summed E-state index contributed by atoms with van der Waals surface area (Å²) in [4.78, 5) is 0. The Balaban J connectivity index is 0.000000441. The number of allylic oxidation sites excluding steroid dienone is 2. The van der Waals surface area contributed by atoms with Crippen molar-refractivity contribution >= 4 is 11.8 Å². The summed E-state index contributed by atoms with van der Waals surface area (Å²) in [5, 5.41) is 9.54. The van der Waals surface area contributed by atoms with Gasteiger partial charge >= 0.3 is 0 Å². The van der Waals surface area contributed by atoms with Crippen LogP contribution in [0.5, 0.6) is 0 Å². The summed E-state index contributed by atoms with van der Waals surface area (Å²) in [6.45, 7) is 9.76. The molecule has 1 fully saturated rings. The molecule has 114 valence electrons. The molecule has 0 spiro atoms. The van der Waals surface area contributed by atoms with Crippen molar-refractivity contribution < 1.29 is 4.39 Å². The van der Waals surface area contributed by atoms with Gasteiger partial charge in [0.05, 0.1) is 5.75 Å². The van der Waals surface area contributed by atoms with Crippen LogP contribution in [0.25, 0.3) is 0 Å². The molecule has 0 aromatic rings. The zero-order chi connectivity index (χ0) is 15.4. The van der Waals surface area contributed by atoms with E-state index < -0.39 is 5.83 Å². The van der Waals surface area contributed by atoms with Crippen molar-refractivity contribution in [1.29, 1.82) is 5.26 Å². The Labute approximate surface area is 128 Å². The van der Waals surface area contributed by atoms with E-state index in [0.29, 0.717) is 0 Å². The summed E-state index contributed by atoms with van der Waals surface area (Å²) in [5.74, 6) is 1.67. The minimum absolute atomic E-state index is 0.0938. The fourth-order valence-corrected chi connectivity index (χ4v) is 2.53. The van der Waals surface area contributed by atoms with Crippen molar-refractivity contribution in [2.75, 3.05) is 5.75 Å². The van der Waals surface area contributed by atoms with Gasteiger partial charge in [0, 0.05) is 0 Å². The average Bonchev–Trinajstić information content (AvgIpc) is 2.44. The molecule has 1 aliphatic rings. The average molecular weight is 297 g/mol. The highest BCUT2D eigenvalue weighted by atomic mass is 32.2. The Hall–Kier alpha value is -0.750. The van der Waals surface area contributed by atoms with Crippen LogP contribution in [-0.2, 0) is 0 Å². The maximum Gasteiger partial charge on any atom is 0.133 e. The van der Waals surface area contributed by atoms with E-state index in [4.69, 9.17) is 5.26 Å². The molecule has 1 saturated carbocycles. The van der Waals surface area contributed by atoms with Gasteiger partial charge in [0.1, 0.15) is 11.2 Å². The van der Waals surface area contributed by atoms with Gasteiger partial charge in [-0.3, -0.25) is 0 Å². The van der Waals surface area contributed by atoms with Crippen LogP contribution in [0.1, 0.15) is 59.3 Å². The number of rotatable bonds is 5. The minimum Gasteiger partial charge on any atom is -0.212 e. The smallest absolute Gasteiger partial charge is 0.133 e. The molecule has 0 aliphatic heterocycles. The summed E-state index contributed by atoms with van der Waals surface area (Å²) >= 11 is 0.847. The van der Waals surface area contributed by atoms with Crippen LogP contribution in [0.4, 0.5) is 4.39 Å². The fraction of sp³-hybridized carbons (Fsp3) is 0.706. The van der Waals surface area contributed by atoms with Gasteiger partial charge in [0.25, 0.3) is 0 Å². The second kappa shape index (κ2) is 12.0. The molecule has 0 amide bonds. The van der Waals surface area contributed by atoms with Crippen molar-refractivity contribution in [3.8, 4) is 5.40 Å². The quantitative estimate of drug-likeness (QED) is 0.443. The van der Waals surface area contributed by atoms with Crippen LogP contribution in [0.15, 0.2) is 24.1 Å². The molecule has 20 heavy (non-hydrogen) atoms. The first-order chi connectivity index (χ1) is 9.49. The molecule has 0 aromatic heterocycles. The Kier molecular flexibility index (Phi) is 11.6. The zero-order valence-corrected chi connectivity index (χ0v) is 13.9. The topological polar surface area (TPSA) is 23.8 Å². The third kappa shape index (κ3) is 11.1. The van der Waals surface area contributed by atoms with E-state index in [0.717, 1.165) is 23.6 Å². The first-order valence-electron chi connectivity index (χ1n) is 7.45. The van der Waals surface area contributed by atoms with Crippen LogP contribution < -0.4 is 0 Å². The van der Waals surface area contributed by atoms with Crippen molar-refractivity contribution in [1.82, 2.24) is 0 Å². The number of thiocyanates is 1. The Bertz CT molecular complexity index is 335. The molecule has 1 nitrogen and oxygen atoms in total. The molecule has 3 heteroatoms. The number of nitriles is 1. The van der Waals surface area contributed by atoms with E-state index >= 15 is 0 Å². The lowest BCUT2D eigenvalue weighted by Gasteiger charge is -2.26. The van der Waals surface area contributed by atoms with Crippen LogP contribution >= 0.6 is 11.8 Å². The van der Waals surface area contributed by atoms with E-state index in [2.05, 4.69) is 33.4 Å². The molecule has 0 aromatic carbocycles. The number of hydrogen-bond donors (Lipinski definition) is 0. The van der Waals surface area contributed by atoms with Gasteiger partial charge in [-0.2, -0.15) is 5.26 Å². The highest BCUT2D eigenvalue weighted by Crippen LogP contribution is 2.31. The Morgan fingerprint density at radius 2 is 2.00 bits per heavy atom. The highest BCUT2D eigenvalue weighted by Gasteiger charge is 2.17. The lowest BCUT2D eigenvalue weighted by atomic mass is 9.80. The number of thioether (sulfide) groups is 1. The van der Waals surface area contributed by atoms with Gasteiger partial charge in [-0.15, -0.1) is 0 Å². The molecule has 0 atom stereocenters. The molecule has 0 N–H and O–H groups in total. The lowest BCUT2D eigenvalue weighted by Crippen LogP contribution is -2.12. The van der Waals surface area contributed by atoms with Gasteiger partial charge in [-0.1, -0.05) is 50.8 Å². The van der Waals surface area contributed by atoms with Crippen LogP contribution in [0.3, 0.4) is 0 Å². The largest absolute Gasteiger partial charge is 0.212 e. The second-order valence-electron chi connectivity index (χ2n) is 5.70. The van der Waals surface area contributed by atoms with Gasteiger partial charge in [0.15, 0.2) is 0 Å². The van der Waals surface area contributed by atoms with Crippen LogP contribution in [-0.4, -0.2) is 5.75 Å². The van der Waals surface area contributed by atoms with Gasteiger partial charge in [0.2, 0.25) is 0 Å². The molecule has 0 saturated heterocycles. The Morgan fingerprint density at radius 1 is 1.40 bits per heavy atom. The summed E-state index contributed by atoms with van der Waals surface area (Å²) in [6.07, 6.45) is 10.9. The van der Waals surface area contributed by atoms with Crippen molar-refractivity contribution in [3.05, 3.63) is 24.1 Å². The molecular formula is C17H28FNS. The molecule has 0 radical (unpaired) electrons. The van der Waals surface area contributed by atoms with Crippen LogP contribution in [0, 0.1) is 22.5 Å². The molecule has 0 bridgehead atoms. The first-order valence-corrected chi connectivity index (χ1v) is 8.44. The lowest BCUT2D eigenvalue weighted by molar-refractivity contribution is 0.277. The maximum atomic E-state index is 11.5. The standard InChI is InChI=1S/C13H24.C4H4FNS/c1-4-11(2)5-8-13-9-6-12(3)7-10-13;1-4(5)2-7-3-6/h4,12-13H,5-10H2,1-3H3;1-2H2/b11-4+;. The molecule has 1 rings (SSSR count). The van der Waals surface area contributed by atoms with Gasteiger partial charge in [-0.05, 0) is 50.3 Å². The van der Waals surface area contributed by atoms with Crippen molar-refractivity contribution in [3.63, 3.8) is 0 Å². The summed E-state index contributed by atoms with van der Waals surface area (Å²) in [6, 6.07) is 0. The highest BCUT2D eigenvalue weighted by molar-refractivity contribution is 8.03. The van der Waals surface area contributed by atoms with Gasteiger partial charge in [-0.25, -0.2) is 4.39 Å². The normalized spacial score (nSPS) is 22.4. The maximum absolute atomic E-state index is 11.5. The van der Waals surface area contributed by atoms with Crippen molar-refractivity contribution in [2.24, 2.45) is 11.8 Å². The summed E-state index contributed by atoms with van der Waals surface area (Å²) < 4.78 is 11.5. The number of hydrogen-bond acceptors (Lipinski definition) is 2. The van der Waals surface area contributed by atoms with E-state index in [1.54, 1.807) is 11.0 Å². The van der Waals surface area contributed by atoms with Crippen LogP contribution in [0.2, 0.25) is 0 Å².